The van der Waals surface area contributed by atoms with Gasteiger partial charge < -0.3 is 15.5 Å². The fraction of sp³-hybridized carbons (Fsp3) is 0.400. The highest BCUT2D eigenvalue weighted by Gasteiger charge is 2.25. The molecule has 3 rings (SSSR count). The van der Waals surface area contributed by atoms with Crippen molar-refractivity contribution in [1.82, 2.24) is 15.6 Å². The molecule has 0 amide bonds. The van der Waals surface area contributed by atoms with Gasteiger partial charge >= 0.3 is 0 Å². The summed E-state index contributed by atoms with van der Waals surface area (Å²) in [6.45, 7) is 5.03. The Bertz CT molecular complexity index is 789. The van der Waals surface area contributed by atoms with Gasteiger partial charge in [-0.3, -0.25) is 4.99 Å². The molecule has 0 saturated carbocycles. The Kier molecular flexibility index (Phi) is 9.24. The van der Waals surface area contributed by atoms with E-state index in [1.54, 1.807) is 18.3 Å². The lowest BCUT2D eigenvalue weighted by atomic mass is 10.1. The first-order valence-corrected chi connectivity index (χ1v) is 9.69. The molecule has 0 aliphatic carbocycles. The smallest absolute Gasteiger partial charge is 0.191 e. The van der Waals surface area contributed by atoms with Gasteiger partial charge in [0.2, 0.25) is 0 Å². The van der Waals surface area contributed by atoms with Gasteiger partial charge in [-0.2, -0.15) is 0 Å². The quantitative estimate of drug-likeness (QED) is 0.347. The molecule has 1 aliphatic rings. The molecule has 152 valence electrons. The highest BCUT2D eigenvalue weighted by molar-refractivity contribution is 14.0. The topological polar surface area (TPSA) is 52.6 Å². The second kappa shape index (κ2) is 11.4. The van der Waals surface area contributed by atoms with Crippen LogP contribution < -0.4 is 15.5 Å². The Morgan fingerprint density at radius 1 is 1.32 bits per heavy atom. The van der Waals surface area contributed by atoms with Crippen LogP contribution >= 0.6 is 35.6 Å². The molecule has 1 unspecified atom stereocenters. The van der Waals surface area contributed by atoms with Crippen LogP contribution in [0.1, 0.15) is 18.9 Å². The van der Waals surface area contributed by atoms with Gasteiger partial charge in [0.05, 0.1) is 5.02 Å². The first kappa shape index (κ1) is 22.7. The van der Waals surface area contributed by atoms with Crippen molar-refractivity contribution in [2.45, 2.75) is 25.8 Å². The zero-order chi connectivity index (χ0) is 19.1. The van der Waals surface area contributed by atoms with Gasteiger partial charge in [0.25, 0.3) is 0 Å². The second-order valence-corrected chi connectivity index (χ2v) is 6.89. The highest BCUT2D eigenvalue weighted by Crippen LogP contribution is 2.25. The number of pyridine rings is 1. The zero-order valence-corrected chi connectivity index (χ0v) is 19.0. The Hall–Kier alpha value is -1.61. The van der Waals surface area contributed by atoms with E-state index in [1.165, 1.54) is 6.07 Å². The normalized spacial score (nSPS) is 16.6. The van der Waals surface area contributed by atoms with Crippen molar-refractivity contribution in [3.05, 3.63) is 59.0 Å². The van der Waals surface area contributed by atoms with Gasteiger partial charge in [-0.25, -0.2) is 9.37 Å². The number of guanidine groups is 1. The Morgan fingerprint density at radius 3 is 2.89 bits per heavy atom. The van der Waals surface area contributed by atoms with E-state index in [0.29, 0.717) is 23.6 Å². The van der Waals surface area contributed by atoms with Crippen molar-refractivity contribution >= 4 is 47.4 Å². The second-order valence-electron chi connectivity index (χ2n) is 6.49. The molecular formula is C20H26ClFIN5. The van der Waals surface area contributed by atoms with E-state index in [2.05, 4.69) is 25.5 Å². The van der Waals surface area contributed by atoms with Crippen LogP contribution in [0, 0.1) is 5.82 Å². The van der Waals surface area contributed by atoms with Crippen LogP contribution in [0.5, 0.6) is 0 Å². The summed E-state index contributed by atoms with van der Waals surface area (Å²) in [6.07, 6.45) is 3.31. The number of hydrogen-bond donors (Lipinski definition) is 2. The molecule has 1 saturated heterocycles. The van der Waals surface area contributed by atoms with Crippen molar-refractivity contribution in [3.63, 3.8) is 0 Å². The fourth-order valence-corrected chi connectivity index (χ4v) is 3.42. The molecule has 1 aliphatic heterocycles. The first-order valence-electron chi connectivity index (χ1n) is 9.31. The van der Waals surface area contributed by atoms with Crippen LogP contribution in [0.2, 0.25) is 5.02 Å². The van der Waals surface area contributed by atoms with E-state index in [0.717, 1.165) is 37.8 Å². The Labute approximate surface area is 187 Å². The summed E-state index contributed by atoms with van der Waals surface area (Å²) in [5.41, 5.74) is 0.689. The average molecular weight is 518 g/mol. The molecule has 2 heterocycles. The monoisotopic (exact) mass is 517 g/mol. The maximum absolute atomic E-state index is 13.7. The minimum Gasteiger partial charge on any atom is -0.357 e. The van der Waals surface area contributed by atoms with E-state index in [-0.39, 0.29) is 35.8 Å². The van der Waals surface area contributed by atoms with Gasteiger partial charge in [0.15, 0.2) is 5.96 Å². The predicted molar refractivity (Wildman–Crippen MR) is 124 cm³/mol. The molecule has 8 heteroatoms. The minimum atomic E-state index is -0.177. The lowest BCUT2D eigenvalue weighted by molar-refractivity contribution is 0.608. The van der Waals surface area contributed by atoms with Crippen LogP contribution in [0.25, 0.3) is 0 Å². The summed E-state index contributed by atoms with van der Waals surface area (Å²) in [4.78, 5) is 11.2. The third-order valence-electron chi connectivity index (χ3n) is 4.52. The molecule has 2 aromatic rings. The lowest BCUT2D eigenvalue weighted by Gasteiger charge is -2.20. The van der Waals surface area contributed by atoms with E-state index >= 15 is 0 Å². The molecule has 28 heavy (non-hydrogen) atoms. The van der Waals surface area contributed by atoms with E-state index in [4.69, 9.17) is 11.6 Å². The average Bonchev–Trinajstić information content (AvgIpc) is 3.12. The first-order chi connectivity index (χ1) is 13.2. The number of anilines is 1. The minimum absolute atomic E-state index is 0. The van der Waals surface area contributed by atoms with Gasteiger partial charge in [0.1, 0.15) is 11.6 Å². The SMILES string of the molecule is CCNC(=NCCc1ccccc1F)NC1CCN(c2ncccc2Cl)C1.I. The molecule has 1 fully saturated rings. The Balaban J connectivity index is 0.00000280. The molecule has 2 N–H and O–H groups in total. The lowest BCUT2D eigenvalue weighted by Crippen LogP contribution is -2.44. The van der Waals surface area contributed by atoms with E-state index < -0.39 is 0 Å². The molecule has 1 atom stereocenters. The maximum Gasteiger partial charge on any atom is 0.191 e. The van der Waals surface area contributed by atoms with Crippen LogP contribution in [0.15, 0.2) is 47.6 Å². The number of aromatic nitrogens is 1. The summed E-state index contributed by atoms with van der Waals surface area (Å²) >= 11 is 6.26. The third kappa shape index (κ3) is 6.20. The van der Waals surface area contributed by atoms with Crippen LogP contribution in [-0.4, -0.2) is 43.2 Å². The fourth-order valence-electron chi connectivity index (χ4n) is 3.18. The number of hydrogen-bond acceptors (Lipinski definition) is 3. The number of aliphatic imine (C=N–C) groups is 1. The van der Waals surface area contributed by atoms with E-state index in [1.807, 2.05) is 25.1 Å². The predicted octanol–water partition coefficient (Wildman–Crippen LogP) is 3.87. The summed E-state index contributed by atoms with van der Waals surface area (Å²) < 4.78 is 13.7. The molecule has 1 aromatic carbocycles. The third-order valence-corrected chi connectivity index (χ3v) is 4.82. The molecule has 0 bridgehead atoms. The molecular weight excluding hydrogens is 492 g/mol. The van der Waals surface area contributed by atoms with Crippen LogP contribution in [0.3, 0.4) is 0 Å². The summed E-state index contributed by atoms with van der Waals surface area (Å²) in [5, 5.41) is 7.40. The maximum atomic E-state index is 13.7. The molecule has 5 nitrogen and oxygen atoms in total. The number of benzene rings is 1. The van der Waals surface area contributed by atoms with Crippen molar-refractivity contribution < 1.29 is 4.39 Å². The number of nitrogens with zero attached hydrogens (tertiary/aromatic N) is 3. The van der Waals surface area contributed by atoms with Gasteiger partial charge in [0, 0.05) is 38.4 Å². The van der Waals surface area contributed by atoms with Gasteiger partial charge in [-0.1, -0.05) is 29.8 Å². The number of nitrogens with one attached hydrogen (secondary N) is 2. The van der Waals surface area contributed by atoms with Crippen molar-refractivity contribution in [2.24, 2.45) is 4.99 Å². The molecule has 0 radical (unpaired) electrons. The van der Waals surface area contributed by atoms with Gasteiger partial charge in [-0.15, -0.1) is 24.0 Å². The summed E-state index contributed by atoms with van der Waals surface area (Å²) in [6, 6.07) is 10.8. The number of halogens is 3. The summed E-state index contributed by atoms with van der Waals surface area (Å²) in [5.74, 6) is 1.40. The molecule has 0 spiro atoms. The largest absolute Gasteiger partial charge is 0.357 e. The van der Waals surface area contributed by atoms with Crippen molar-refractivity contribution in [1.29, 1.82) is 0 Å². The zero-order valence-electron chi connectivity index (χ0n) is 15.9. The van der Waals surface area contributed by atoms with Crippen LogP contribution in [-0.2, 0) is 6.42 Å². The highest BCUT2D eigenvalue weighted by atomic mass is 127. The van der Waals surface area contributed by atoms with Gasteiger partial charge in [-0.05, 0) is 43.5 Å². The number of rotatable bonds is 6. The standard InChI is InChI=1S/C20H25ClFN5.HI/c1-2-23-20(25-12-9-15-6-3-4-8-18(15)22)26-16-10-13-27(14-16)19-17(21)7-5-11-24-19;/h3-8,11,16H,2,9-10,12-14H2,1H3,(H2,23,25,26);1H. The van der Waals surface area contributed by atoms with Crippen LogP contribution in [0.4, 0.5) is 10.2 Å². The van der Waals surface area contributed by atoms with Crippen molar-refractivity contribution in [3.8, 4) is 0 Å². The van der Waals surface area contributed by atoms with Crippen molar-refractivity contribution in [2.75, 3.05) is 31.1 Å². The Morgan fingerprint density at radius 2 is 2.14 bits per heavy atom. The molecule has 1 aromatic heterocycles. The summed E-state index contributed by atoms with van der Waals surface area (Å²) in [7, 11) is 0. The van der Waals surface area contributed by atoms with E-state index in [9.17, 15) is 4.39 Å².